The average molecular weight is 384 g/mol. The molecule has 3 rings (SSSR count). The van der Waals surface area contributed by atoms with Crippen molar-refractivity contribution in [1.29, 1.82) is 0 Å². The lowest BCUT2D eigenvalue weighted by Gasteiger charge is -2.17. The van der Waals surface area contributed by atoms with E-state index in [-0.39, 0.29) is 12.5 Å². The number of carboxylic acids is 1. The van der Waals surface area contributed by atoms with Gasteiger partial charge in [-0.15, -0.1) is 0 Å². The molecule has 0 fully saturated rings. The van der Waals surface area contributed by atoms with Gasteiger partial charge in [-0.1, -0.05) is 48.5 Å². The molecule has 0 bridgehead atoms. The largest absolute Gasteiger partial charge is 0.479 e. The second-order valence-corrected chi connectivity index (χ2v) is 6.34. The summed E-state index contributed by atoms with van der Waals surface area (Å²) in [7, 11) is 0. The zero-order chi connectivity index (χ0) is 20.1. The topological polar surface area (TPSA) is 114 Å². The number of carbonyl (C=O) groups is 3. The monoisotopic (exact) mass is 384 g/mol. The Morgan fingerprint density at radius 2 is 1.61 bits per heavy atom. The van der Waals surface area contributed by atoms with Crippen LogP contribution in [0.1, 0.15) is 24.0 Å². The lowest BCUT2D eigenvalue weighted by atomic mass is 9.98. The van der Waals surface area contributed by atoms with E-state index in [2.05, 4.69) is 10.2 Å². The molecule has 0 heterocycles. The molecule has 1 aliphatic rings. The van der Waals surface area contributed by atoms with E-state index in [0.717, 1.165) is 22.3 Å². The zero-order valence-electron chi connectivity index (χ0n) is 15.2. The average Bonchev–Trinajstić information content (AvgIpc) is 3.00. The second-order valence-electron chi connectivity index (χ2n) is 6.34. The minimum atomic E-state index is -1.22. The summed E-state index contributed by atoms with van der Waals surface area (Å²) in [5.41, 5.74) is 6.37. The van der Waals surface area contributed by atoms with Crippen molar-refractivity contribution in [1.82, 2.24) is 10.8 Å². The fraction of sp³-hybridized carbons (Fsp3) is 0.250. The van der Waals surface area contributed by atoms with Gasteiger partial charge in [0, 0.05) is 5.92 Å². The Morgan fingerprint density at radius 1 is 1.04 bits per heavy atom. The van der Waals surface area contributed by atoms with E-state index < -0.39 is 30.6 Å². The molecule has 1 aliphatic carbocycles. The number of hydrogen-bond donors (Lipinski definition) is 3. The molecule has 2 aromatic carbocycles. The van der Waals surface area contributed by atoms with E-state index in [0.29, 0.717) is 0 Å². The normalized spacial score (nSPS) is 13.2. The number of alkyl carbamates (subject to hydrolysis) is 1. The van der Waals surface area contributed by atoms with Crippen molar-refractivity contribution in [3.63, 3.8) is 0 Å². The molecular formula is C20H20N2O6. The van der Waals surface area contributed by atoms with Gasteiger partial charge in [0.2, 0.25) is 0 Å². The molecule has 8 nitrogen and oxygen atoms in total. The van der Waals surface area contributed by atoms with E-state index in [4.69, 9.17) is 9.84 Å². The van der Waals surface area contributed by atoms with Crippen molar-refractivity contribution in [3.8, 4) is 11.1 Å². The summed E-state index contributed by atoms with van der Waals surface area (Å²) < 4.78 is 5.34. The molecule has 0 saturated carbocycles. The van der Waals surface area contributed by atoms with Crippen LogP contribution in [0.25, 0.3) is 11.1 Å². The first kappa shape index (κ1) is 19.4. The summed E-state index contributed by atoms with van der Waals surface area (Å²) in [6.07, 6.45) is -0.747. The van der Waals surface area contributed by atoms with Crippen molar-refractivity contribution in [2.45, 2.75) is 18.9 Å². The first-order chi connectivity index (χ1) is 13.5. The van der Waals surface area contributed by atoms with Gasteiger partial charge in [-0.2, -0.15) is 0 Å². The molecule has 0 saturated heterocycles. The van der Waals surface area contributed by atoms with Gasteiger partial charge >= 0.3 is 12.1 Å². The molecule has 0 aliphatic heterocycles. The third-order valence-electron chi connectivity index (χ3n) is 4.44. The smallest absolute Gasteiger partial charge is 0.407 e. The predicted molar refractivity (Wildman–Crippen MR) is 99.4 cm³/mol. The number of ether oxygens (including phenoxy) is 1. The van der Waals surface area contributed by atoms with E-state index in [9.17, 15) is 14.4 Å². The summed E-state index contributed by atoms with van der Waals surface area (Å²) in [5, 5.41) is 10.8. The number of carbonyl (C=O) groups excluding carboxylic acids is 2. The van der Waals surface area contributed by atoms with Gasteiger partial charge in [0.15, 0.2) is 6.61 Å². The van der Waals surface area contributed by atoms with Crippen LogP contribution >= 0.6 is 0 Å². The van der Waals surface area contributed by atoms with Gasteiger partial charge in [0.25, 0.3) is 5.91 Å². The summed E-state index contributed by atoms with van der Waals surface area (Å²) in [4.78, 5) is 38.7. The predicted octanol–water partition coefficient (Wildman–Crippen LogP) is 2.05. The van der Waals surface area contributed by atoms with Crippen LogP contribution < -0.4 is 10.8 Å². The number of aliphatic carboxylic acids is 1. The minimum absolute atomic E-state index is 0.0822. The number of benzene rings is 2. The highest BCUT2D eigenvalue weighted by Gasteiger charge is 2.29. The summed E-state index contributed by atoms with van der Waals surface area (Å²) >= 11 is 0. The fourth-order valence-corrected chi connectivity index (χ4v) is 3.14. The lowest BCUT2D eigenvalue weighted by Crippen LogP contribution is -2.45. The van der Waals surface area contributed by atoms with Crippen LogP contribution in [0.3, 0.4) is 0 Å². The van der Waals surface area contributed by atoms with Crippen LogP contribution in [-0.2, 0) is 19.2 Å². The summed E-state index contributed by atoms with van der Waals surface area (Å²) in [5.74, 6) is -1.99. The van der Waals surface area contributed by atoms with Crippen LogP contribution in [0.4, 0.5) is 4.79 Å². The first-order valence-electron chi connectivity index (χ1n) is 8.72. The highest BCUT2D eigenvalue weighted by atomic mass is 16.7. The minimum Gasteiger partial charge on any atom is -0.479 e. The first-order valence-corrected chi connectivity index (χ1v) is 8.72. The Kier molecular flexibility index (Phi) is 5.90. The van der Waals surface area contributed by atoms with Gasteiger partial charge in [0.05, 0.1) is 0 Å². The zero-order valence-corrected chi connectivity index (χ0v) is 15.2. The van der Waals surface area contributed by atoms with Crippen LogP contribution in [0.5, 0.6) is 0 Å². The van der Waals surface area contributed by atoms with E-state index in [1.165, 1.54) is 6.92 Å². The highest BCUT2D eigenvalue weighted by molar-refractivity contribution is 5.84. The van der Waals surface area contributed by atoms with Gasteiger partial charge in [-0.05, 0) is 29.2 Å². The van der Waals surface area contributed by atoms with Crippen LogP contribution in [0, 0.1) is 0 Å². The Bertz CT molecular complexity index is 852. The molecule has 146 valence electrons. The Balaban J connectivity index is 1.56. The Hall–Kier alpha value is -3.39. The number of hydrogen-bond acceptors (Lipinski definition) is 5. The maximum absolute atomic E-state index is 12.1. The number of fused-ring (bicyclic) bond motifs is 3. The van der Waals surface area contributed by atoms with Gasteiger partial charge in [0.1, 0.15) is 12.6 Å². The Morgan fingerprint density at radius 3 is 2.18 bits per heavy atom. The number of nitrogens with one attached hydrogen (secondary N) is 2. The third kappa shape index (κ3) is 4.29. The van der Waals surface area contributed by atoms with Crippen LogP contribution in [-0.4, -0.2) is 42.3 Å². The van der Waals surface area contributed by atoms with Gasteiger partial charge < -0.3 is 15.2 Å². The third-order valence-corrected chi connectivity index (χ3v) is 4.44. The van der Waals surface area contributed by atoms with Crippen molar-refractivity contribution < 1.29 is 29.1 Å². The maximum Gasteiger partial charge on any atom is 0.407 e. The van der Waals surface area contributed by atoms with Crippen molar-refractivity contribution in [3.05, 3.63) is 59.7 Å². The molecule has 0 spiro atoms. The van der Waals surface area contributed by atoms with Crippen molar-refractivity contribution in [2.24, 2.45) is 0 Å². The molecule has 1 unspecified atom stereocenters. The maximum atomic E-state index is 12.1. The van der Waals surface area contributed by atoms with Gasteiger partial charge in [-0.25, -0.2) is 15.1 Å². The molecular weight excluding hydrogens is 364 g/mol. The quantitative estimate of drug-likeness (QED) is 0.630. The molecule has 0 radical (unpaired) electrons. The molecule has 2 amide bonds. The standard InChI is InChI=1S/C20H20N2O6/c1-12(19(25)22-28-11-18(23)24)21-20(26)27-10-17-15-8-4-2-6-13(15)14-7-3-5-9-16(14)17/h2-9,12,17H,10-11H2,1H3,(H,21,26)(H,22,25)(H,23,24). The SMILES string of the molecule is CC(NC(=O)OCC1c2ccccc2-c2ccccc21)C(=O)NOCC(=O)O. The lowest BCUT2D eigenvalue weighted by molar-refractivity contribution is -0.149. The summed E-state index contributed by atoms with van der Waals surface area (Å²) in [6.45, 7) is 0.883. The van der Waals surface area contributed by atoms with Crippen LogP contribution in [0.15, 0.2) is 48.5 Å². The Labute approximate surface area is 161 Å². The van der Waals surface area contributed by atoms with E-state index in [1.54, 1.807) is 0 Å². The highest BCUT2D eigenvalue weighted by Crippen LogP contribution is 2.44. The molecule has 1 atom stereocenters. The molecule has 2 aromatic rings. The number of hydroxylamine groups is 1. The van der Waals surface area contributed by atoms with Crippen LogP contribution in [0.2, 0.25) is 0 Å². The number of carboxylic acid groups (broad SMARTS) is 1. The second kappa shape index (κ2) is 8.53. The van der Waals surface area contributed by atoms with Gasteiger partial charge in [-0.3, -0.25) is 9.63 Å². The fourth-order valence-electron chi connectivity index (χ4n) is 3.14. The van der Waals surface area contributed by atoms with E-state index >= 15 is 0 Å². The molecule has 28 heavy (non-hydrogen) atoms. The van der Waals surface area contributed by atoms with Crippen molar-refractivity contribution in [2.75, 3.05) is 13.2 Å². The summed E-state index contributed by atoms with van der Waals surface area (Å²) in [6, 6.07) is 15.0. The van der Waals surface area contributed by atoms with E-state index in [1.807, 2.05) is 54.0 Å². The number of rotatable bonds is 7. The molecule has 0 aromatic heterocycles. The molecule has 8 heteroatoms. The molecule has 3 N–H and O–H groups in total. The van der Waals surface area contributed by atoms with Crippen molar-refractivity contribution >= 4 is 18.0 Å². The number of amides is 2.